The fraction of sp³-hybridized carbons (Fsp3) is 0.400. The van der Waals surface area contributed by atoms with E-state index in [0.717, 1.165) is 22.3 Å². The number of pyridine rings is 2. The summed E-state index contributed by atoms with van der Waals surface area (Å²) in [5.41, 5.74) is 2.26. The van der Waals surface area contributed by atoms with Crippen LogP contribution in [-0.2, 0) is 0 Å². The second-order valence-corrected chi connectivity index (χ2v) is 10.3. The van der Waals surface area contributed by atoms with Gasteiger partial charge in [-0.05, 0) is 0 Å². The Kier molecular flexibility index (Phi) is 5.29. The Bertz CT molecular complexity index is 848. The molecule has 1 fully saturated rings. The molecule has 0 amide bonds. The number of nitrogens with one attached hydrogen (secondary N) is 1. The van der Waals surface area contributed by atoms with E-state index < -0.39 is 0 Å². The molecule has 0 aromatic carbocycles. The molecule has 132 valence electrons. The molecule has 5 heteroatoms. The molecule has 3 aromatic rings. The average Bonchev–Trinajstić information content (AvgIpc) is 3.00. The maximum atomic E-state index is 13.6. The van der Waals surface area contributed by atoms with Crippen LogP contribution >= 0.6 is 0 Å². The molecule has 0 radical (unpaired) electrons. The molecule has 0 spiro atoms. The van der Waals surface area contributed by atoms with E-state index in [0.29, 0.717) is 5.92 Å². The predicted molar refractivity (Wildman–Crippen MR) is 93.2 cm³/mol. The van der Waals surface area contributed by atoms with Gasteiger partial charge in [0.2, 0.25) is 0 Å². The molecule has 0 bridgehead atoms. The Balaban J connectivity index is 1.55. The van der Waals surface area contributed by atoms with Crippen molar-refractivity contribution in [3.8, 4) is 0 Å². The van der Waals surface area contributed by atoms with Crippen LogP contribution in [0.15, 0.2) is 43.1 Å². The van der Waals surface area contributed by atoms with Crippen molar-refractivity contribution in [1.82, 2.24) is 15.0 Å². The molecule has 0 saturated heterocycles. The summed E-state index contributed by atoms with van der Waals surface area (Å²) in [7, 11) is 0. The summed E-state index contributed by atoms with van der Waals surface area (Å²) in [5.74, 6) is 0.227. The molecule has 25 heavy (non-hydrogen) atoms. The molecule has 1 saturated carbocycles. The number of alkyl halides is 1. The van der Waals surface area contributed by atoms with Gasteiger partial charge in [0.1, 0.15) is 0 Å². The summed E-state index contributed by atoms with van der Waals surface area (Å²) in [6.07, 6.45) is 16.6. The average molecular weight is 450 g/mol. The first-order valence-electron chi connectivity index (χ1n) is 8.94. The van der Waals surface area contributed by atoms with Gasteiger partial charge in [-0.2, -0.15) is 0 Å². The molecule has 3 heterocycles. The number of hydrogen-bond donors (Lipinski definition) is 1. The molecule has 3 aromatic heterocycles. The van der Waals surface area contributed by atoms with Crippen LogP contribution in [0, 0.1) is 9.39 Å². The second-order valence-electron chi connectivity index (χ2n) is 6.77. The molecule has 2 unspecified atom stereocenters. The third-order valence-electron chi connectivity index (χ3n) is 5.01. The van der Waals surface area contributed by atoms with Crippen LogP contribution in [0.3, 0.4) is 0 Å². The first-order chi connectivity index (χ1) is 12.3. The zero-order valence-corrected chi connectivity index (χ0v) is 16.2. The first kappa shape index (κ1) is 16.9. The summed E-state index contributed by atoms with van der Waals surface area (Å²) in [4.78, 5) is 11.8. The Morgan fingerprint density at radius 1 is 1.08 bits per heavy atom. The van der Waals surface area contributed by atoms with Crippen molar-refractivity contribution < 1.29 is 25.6 Å². The zero-order valence-electron chi connectivity index (χ0n) is 14.1. The third kappa shape index (κ3) is 4.02. The molecule has 0 aliphatic heterocycles. The fourth-order valence-electron chi connectivity index (χ4n) is 3.72. The van der Waals surface area contributed by atoms with Gasteiger partial charge < -0.3 is 0 Å². The van der Waals surface area contributed by atoms with Crippen molar-refractivity contribution >= 4 is 10.9 Å². The van der Waals surface area contributed by atoms with Crippen molar-refractivity contribution in [2.45, 2.75) is 48.4 Å². The second kappa shape index (κ2) is 7.81. The van der Waals surface area contributed by atoms with Gasteiger partial charge in [0.25, 0.3) is 0 Å². The third-order valence-corrected chi connectivity index (χ3v) is 8.59. The van der Waals surface area contributed by atoms with Gasteiger partial charge in [-0.1, -0.05) is 0 Å². The maximum absolute atomic E-state index is 13.6. The van der Waals surface area contributed by atoms with E-state index in [2.05, 4.69) is 21.1 Å². The van der Waals surface area contributed by atoms with Crippen LogP contribution in [0.1, 0.15) is 50.0 Å². The van der Waals surface area contributed by atoms with Crippen LogP contribution in [0.2, 0.25) is 0 Å². The van der Waals surface area contributed by atoms with E-state index in [1.807, 2.05) is 24.7 Å². The van der Waals surface area contributed by atoms with E-state index in [1.54, 1.807) is 6.07 Å². The topological polar surface area (TPSA) is 41.6 Å². The van der Waals surface area contributed by atoms with Gasteiger partial charge in [-0.25, -0.2) is 0 Å². The van der Waals surface area contributed by atoms with Gasteiger partial charge in [0.15, 0.2) is 0 Å². The summed E-state index contributed by atoms with van der Waals surface area (Å²) in [6.45, 7) is 0. The minimum atomic E-state index is -0.214. The number of nitrogens with zero attached hydrogens (tertiary/aromatic N) is 2. The number of H-pyrrole nitrogens is 1. The molecular formula is C20H22FIN3-. The molecular weight excluding hydrogens is 428 g/mol. The Hall–Kier alpha value is -1.50. The molecule has 1 aliphatic carbocycles. The summed E-state index contributed by atoms with van der Waals surface area (Å²) >= 11 is -0.101. The van der Waals surface area contributed by atoms with Crippen LogP contribution in [0.4, 0.5) is 4.39 Å². The standard InChI is InChI=1S/C20H22FIN3/c21-16-8-15(10-24-11-16)14-4-2-1-3-5-17(9-14)22-19-13-25-20-6-7-23-12-18(19)20/h6-8,10-14,17,25H,1-5,9H2/q-1. The number of rotatable bonds is 3. The summed E-state index contributed by atoms with van der Waals surface area (Å²) < 4.78 is 15.8. The molecule has 1 N–H and O–H groups in total. The van der Waals surface area contributed by atoms with Crippen molar-refractivity contribution in [1.29, 1.82) is 0 Å². The summed E-state index contributed by atoms with van der Waals surface area (Å²) in [6, 6.07) is 3.73. The minimum absolute atomic E-state index is 0.101. The van der Waals surface area contributed by atoms with Crippen LogP contribution < -0.4 is 21.2 Å². The van der Waals surface area contributed by atoms with Crippen molar-refractivity contribution in [3.05, 3.63) is 58.1 Å². The van der Waals surface area contributed by atoms with E-state index in [1.165, 1.54) is 46.4 Å². The predicted octanol–water partition coefficient (Wildman–Crippen LogP) is 1.86. The zero-order chi connectivity index (χ0) is 17.1. The number of aromatic nitrogens is 3. The van der Waals surface area contributed by atoms with Gasteiger partial charge in [-0.15, -0.1) is 0 Å². The number of halogens is 2. The first-order valence-corrected chi connectivity index (χ1v) is 11.3. The van der Waals surface area contributed by atoms with E-state index >= 15 is 0 Å². The van der Waals surface area contributed by atoms with Crippen molar-refractivity contribution in [2.24, 2.45) is 0 Å². The Morgan fingerprint density at radius 2 is 2.00 bits per heavy atom. The normalized spacial score (nSPS) is 22.0. The number of aromatic amines is 1. The monoisotopic (exact) mass is 450 g/mol. The van der Waals surface area contributed by atoms with Gasteiger partial charge in [0, 0.05) is 0 Å². The summed E-state index contributed by atoms with van der Waals surface area (Å²) in [5, 5.41) is 1.28. The number of fused-ring (bicyclic) bond motifs is 1. The Labute approximate surface area is 157 Å². The van der Waals surface area contributed by atoms with Crippen molar-refractivity contribution in [3.63, 3.8) is 0 Å². The van der Waals surface area contributed by atoms with Crippen LogP contribution in [-0.4, -0.2) is 18.9 Å². The van der Waals surface area contributed by atoms with Gasteiger partial charge in [-0.3, -0.25) is 0 Å². The molecule has 3 nitrogen and oxygen atoms in total. The van der Waals surface area contributed by atoms with E-state index in [-0.39, 0.29) is 27.0 Å². The molecule has 4 rings (SSSR count). The fourth-order valence-corrected chi connectivity index (χ4v) is 7.39. The van der Waals surface area contributed by atoms with E-state index in [4.69, 9.17) is 0 Å². The Morgan fingerprint density at radius 3 is 2.92 bits per heavy atom. The van der Waals surface area contributed by atoms with Crippen molar-refractivity contribution in [2.75, 3.05) is 0 Å². The number of hydrogen-bond acceptors (Lipinski definition) is 2. The molecule has 1 aliphatic rings. The molecule has 2 atom stereocenters. The van der Waals surface area contributed by atoms with Gasteiger partial charge >= 0.3 is 158 Å². The van der Waals surface area contributed by atoms with Crippen LogP contribution in [0.5, 0.6) is 0 Å². The van der Waals surface area contributed by atoms with Crippen LogP contribution in [0.25, 0.3) is 10.9 Å². The van der Waals surface area contributed by atoms with E-state index in [9.17, 15) is 4.39 Å². The van der Waals surface area contributed by atoms with Gasteiger partial charge in [0.05, 0.1) is 0 Å². The quantitative estimate of drug-likeness (QED) is 0.489. The SMILES string of the molecule is Fc1cncc(C2CCCCCC([I-]c3c[nH]c4ccncc34)C2)c1.